The molecule has 0 aliphatic carbocycles. The summed E-state index contributed by atoms with van der Waals surface area (Å²) in [6, 6.07) is 9.17. The van der Waals surface area contributed by atoms with Crippen molar-refractivity contribution in [3.63, 3.8) is 0 Å². The molecule has 1 aromatic carbocycles. The fourth-order valence-corrected chi connectivity index (χ4v) is 2.45. The first-order valence-electron chi connectivity index (χ1n) is 7.44. The second kappa shape index (κ2) is 7.51. The van der Waals surface area contributed by atoms with Crippen molar-refractivity contribution in [2.75, 3.05) is 19.6 Å². The molecular weight excluding hydrogens is 236 g/mol. The standard InChI is InChI=1S/C16H26N2O/c1-13(2)19-16-5-3-14(4-6-16)7-12-18-15-8-10-17-11-9-15/h3-6,13,15,17-18H,7-12H2,1-2H3. The normalized spacial score (nSPS) is 16.8. The Labute approximate surface area is 116 Å². The van der Waals surface area contributed by atoms with Crippen LogP contribution in [0.2, 0.25) is 0 Å². The zero-order valence-corrected chi connectivity index (χ0v) is 12.1. The molecule has 1 heterocycles. The zero-order chi connectivity index (χ0) is 13.5. The first kappa shape index (κ1) is 14.4. The molecule has 19 heavy (non-hydrogen) atoms. The summed E-state index contributed by atoms with van der Waals surface area (Å²) in [5, 5.41) is 7.04. The van der Waals surface area contributed by atoms with E-state index in [1.54, 1.807) is 0 Å². The van der Waals surface area contributed by atoms with E-state index in [-0.39, 0.29) is 6.10 Å². The predicted molar refractivity (Wildman–Crippen MR) is 79.8 cm³/mol. The average Bonchev–Trinajstić information content (AvgIpc) is 2.41. The lowest BCUT2D eigenvalue weighted by atomic mass is 10.1. The summed E-state index contributed by atoms with van der Waals surface area (Å²) in [6.45, 7) is 7.47. The lowest BCUT2D eigenvalue weighted by molar-refractivity contribution is 0.242. The van der Waals surface area contributed by atoms with E-state index in [4.69, 9.17) is 4.74 Å². The third-order valence-corrected chi connectivity index (χ3v) is 3.48. The third kappa shape index (κ3) is 5.21. The Hall–Kier alpha value is -1.06. The highest BCUT2D eigenvalue weighted by molar-refractivity contribution is 5.27. The molecule has 106 valence electrons. The monoisotopic (exact) mass is 262 g/mol. The van der Waals surface area contributed by atoms with E-state index in [0.29, 0.717) is 6.04 Å². The largest absolute Gasteiger partial charge is 0.491 e. The second-order valence-corrected chi connectivity index (χ2v) is 5.54. The molecule has 0 saturated carbocycles. The van der Waals surface area contributed by atoms with Crippen LogP contribution in [0.25, 0.3) is 0 Å². The number of hydrogen-bond acceptors (Lipinski definition) is 3. The summed E-state index contributed by atoms with van der Waals surface area (Å²) in [5.41, 5.74) is 1.37. The van der Waals surface area contributed by atoms with Gasteiger partial charge in [-0.2, -0.15) is 0 Å². The van der Waals surface area contributed by atoms with E-state index in [9.17, 15) is 0 Å². The van der Waals surface area contributed by atoms with Crippen molar-refractivity contribution in [3.05, 3.63) is 29.8 Å². The first-order chi connectivity index (χ1) is 9.24. The van der Waals surface area contributed by atoms with E-state index in [2.05, 4.69) is 48.7 Å². The van der Waals surface area contributed by atoms with Crippen LogP contribution >= 0.6 is 0 Å². The van der Waals surface area contributed by atoms with Crippen LogP contribution in [0.5, 0.6) is 5.75 Å². The molecule has 0 unspecified atom stereocenters. The van der Waals surface area contributed by atoms with Gasteiger partial charge in [0.1, 0.15) is 5.75 Å². The number of hydrogen-bond donors (Lipinski definition) is 2. The molecule has 3 heteroatoms. The summed E-state index contributed by atoms with van der Waals surface area (Å²) >= 11 is 0. The van der Waals surface area contributed by atoms with Gasteiger partial charge in [-0.3, -0.25) is 0 Å². The van der Waals surface area contributed by atoms with Gasteiger partial charge in [0.25, 0.3) is 0 Å². The molecule has 1 fully saturated rings. The SMILES string of the molecule is CC(C)Oc1ccc(CCNC2CCNCC2)cc1. The number of nitrogens with one attached hydrogen (secondary N) is 2. The molecule has 3 nitrogen and oxygen atoms in total. The van der Waals surface area contributed by atoms with Crippen LogP contribution in [0, 0.1) is 0 Å². The second-order valence-electron chi connectivity index (χ2n) is 5.54. The molecular formula is C16H26N2O. The minimum absolute atomic E-state index is 0.243. The van der Waals surface area contributed by atoms with Gasteiger partial charge in [0, 0.05) is 6.04 Å². The Morgan fingerprint density at radius 3 is 2.53 bits per heavy atom. The van der Waals surface area contributed by atoms with Crippen LogP contribution < -0.4 is 15.4 Å². The lowest BCUT2D eigenvalue weighted by Crippen LogP contribution is -2.40. The Balaban J connectivity index is 1.70. The van der Waals surface area contributed by atoms with Crippen molar-refractivity contribution < 1.29 is 4.74 Å². The molecule has 0 radical (unpaired) electrons. The van der Waals surface area contributed by atoms with Gasteiger partial charge in [-0.05, 0) is 70.4 Å². The highest BCUT2D eigenvalue weighted by Gasteiger charge is 2.11. The van der Waals surface area contributed by atoms with Crippen LogP contribution in [0.15, 0.2) is 24.3 Å². The Kier molecular flexibility index (Phi) is 5.67. The Bertz CT molecular complexity index is 356. The first-order valence-corrected chi connectivity index (χ1v) is 7.44. The molecule has 1 aromatic rings. The number of ether oxygens (including phenoxy) is 1. The molecule has 2 N–H and O–H groups in total. The van der Waals surface area contributed by atoms with Crippen LogP contribution in [0.1, 0.15) is 32.3 Å². The van der Waals surface area contributed by atoms with Crippen molar-refractivity contribution >= 4 is 0 Å². The van der Waals surface area contributed by atoms with Gasteiger partial charge in [-0.1, -0.05) is 12.1 Å². The highest BCUT2D eigenvalue weighted by atomic mass is 16.5. The van der Waals surface area contributed by atoms with Gasteiger partial charge in [0.15, 0.2) is 0 Å². The lowest BCUT2D eigenvalue weighted by Gasteiger charge is -2.23. The van der Waals surface area contributed by atoms with E-state index >= 15 is 0 Å². The van der Waals surface area contributed by atoms with Gasteiger partial charge in [0.05, 0.1) is 6.10 Å². The van der Waals surface area contributed by atoms with Gasteiger partial charge >= 0.3 is 0 Å². The molecule has 1 aliphatic rings. The van der Waals surface area contributed by atoms with Gasteiger partial charge in [-0.15, -0.1) is 0 Å². The molecule has 1 saturated heterocycles. The maximum atomic E-state index is 5.65. The fraction of sp³-hybridized carbons (Fsp3) is 0.625. The van der Waals surface area contributed by atoms with E-state index in [1.165, 1.54) is 18.4 Å². The fourth-order valence-electron chi connectivity index (χ4n) is 2.45. The van der Waals surface area contributed by atoms with Crippen molar-refractivity contribution in [1.82, 2.24) is 10.6 Å². The predicted octanol–water partition coefficient (Wildman–Crippen LogP) is 2.36. The molecule has 2 rings (SSSR count). The summed E-state index contributed by atoms with van der Waals surface area (Å²) in [6.07, 6.45) is 3.83. The van der Waals surface area contributed by atoms with Crippen LogP contribution in [0.3, 0.4) is 0 Å². The molecule has 0 atom stereocenters. The number of rotatable bonds is 6. The molecule has 0 spiro atoms. The molecule has 0 aromatic heterocycles. The van der Waals surface area contributed by atoms with Crippen LogP contribution in [-0.2, 0) is 6.42 Å². The van der Waals surface area contributed by atoms with Gasteiger partial charge < -0.3 is 15.4 Å². The van der Waals surface area contributed by atoms with Crippen molar-refractivity contribution in [1.29, 1.82) is 0 Å². The van der Waals surface area contributed by atoms with Crippen molar-refractivity contribution in [2.45, 2.75) is 45.3 Å². The van der Waals surface area contributed by atoms with Crippen molar-refractivity contribution in [3.8, 4) is 5.75 Å². The maximum Gasteiger partial charge on any atom is 0.119 e. The summed E-state index contributed by atoms with van der Waals surface area (Å²) < 4.78 is 5.65. The minimum Gasteiger partial charge on any atom is -0.491 e. The quantitative estimate of drug-likeness (QED) is 0.825. The van der Waals surface area contributed by atoms with Crippen molar-refractivity contribution in [2.24, 2.45) is 0 Å². The van der Waals surface area contributed by atoms with E-state index in [1.807, 2.05) is 0 Å². The molecule has 0 amide bonds. The highest BCUT2D eigenvalue weighted by Crippen LogP contribution is 2.14. The third-order valence-electron chi connectivity index (χ3n) is 3.48. The number of benzene rings is 1. The average molecular weight is 262 g/mol. The van der Waals surface area contributed by atoms with Gasteiger partial charge in [0.2, 0.25) is 0 Å². The maximum absolute atomic E-state index is 5.65. The zero-order valence-electron chi connectivity index (χ0n) is 12.1. The van der Waals surface area contributed by atoms with Crippen LogP contribution in [-0.4, -0.2) is 31.8 Å². The Morgan fingerprint density at radius 1 is 1.21 bits per heavy atom. The number of piperidine rings is 1. The van der Waals surface area contributed by atoms with Gasteiger partial charge in [-0.25, -0.2) is 0 Å². The summed E-state index contributed by atoms with van der Waals surface area (Å²) in [4.78, 5) is 0. The summed E-state index contributed by atoms with van der Waals surface area (Å²) in [5.74, 6) is 0.963. The minimum atomic E-state index is 0.243. The Morgan fingerprint density at radius 2 is 1.89 bits per heavy atom. The van der Waals surface area contributed by atoms with E-state index in [0.717, 1.165) is 31.8 Å². The van der Waals surface area contributed by atoms with E-state index < -0.39 is 0 Å². The molecule has 0 bridgehead atoms. The molecule has 1 aliphatic heterocycles. The summed E-state index contributed by atoms with van der Waals surface area (Å²) in [7, 11) is 0. The smallest absolute Gasteiger partial charge is 0.119 e. The topological polar surface area (TPSA) is 33.3 Å². The van der Waals surface area contributed by atoms with Crippen LogP contribution in [0.4, 0.5) is 0 Å².